The van der Waals surface area contributed by atoms with Crippen LogP contribution in [0.1, 0.15) is 25.7 Å². The van der Waals surface area contributed by atoms with E-state index in [1.807, 2.05) is 0 Å². The molecular weight excluding hydrogens is 273 g/mol. The standard InChI is InChI=1S/C14H18FN5O/c15-13-9-10(16)4-5-12(13)14-17-18-19-20(14)7-6-11-3-1-2-8-21-11/h4-5,9,11H,1-3,6-8,16H2. The van der Waals surface area contributed by atoms with Crippen LogP contribution in [0.2, 0.25) is 0 Å². The van der Waals surface area contributed by atoms with Crippen LogP contribution in [0.5, 0.6) is 0 Å². The SMILES string of the molecule is Nc1ccc(-c2nnnn2CCC2CCCCO2)c(F)c1. The minimum atomic E-state index is -0.417. The number of tetrazole rings is 1. The molecule has 0 radical (unpaired) electrons. The normalized spacial score (nSPS) is 18.8. The number of anilines is 1. The van der Waals surface area contributed by atoms with E-state index in [0.29, 0.717) is 23.6 Å². The number of rotatable bonds is 4. The summed E-state index contributed by atoms with van der Waals surface area (Å²) in [6.45, 7) is 1.43. The molecule has 1 saturated heterocycles. The van der Waals surface area contributed by atoms with E-state index in [-0.39, 0.29) is 6.10 Å². The van der Waals surface area contributed by atoms with Gasteiger partial charge in [-0.25, -0.2) is 9.07 Å². The summed E-state index contributed by atoms with van der Waals surface area (Å²) in [6, 6.07) is 4.52. The third kappa shape index (κ3) is 3.18. The van der Waals surface area contributed by atoms with Crippen LogP contribution in [0.3, 0.4) is 0 Å². The Morgan fingerprint density at radius 2 is 2.29 bits per heavy atom. The van der Waals surface area contributed by atoms with Gasteiger partial charge in [0.15, 0.2) is 5.82 Å². The Bertz CT molecular complexity index is 609. The Morgan fingerprint density at radius 3 is 3.05 bits per heavy atom. The Hall–Kier alpha value is -2.02. The van der Waals surface area contributed by atoms with Gasteiger partial charge in [-0.1, -0.05) is 0 Å². The van der Waals surface area contributed by atoms with Gasteiger partial charge in [-0.15, -0.1) is 5.10 Å². The van der Waals surface area contributed by atoms with Gasteiger partial charge in [0.25, 0.3) is 0 Å². The molecule has 7 heteroatoms. The Kier molecular flexibility index (Phi) is 4.10. The van der Waals surface area contributed by atoms with Gasteiger partial charge in [-0.2, -0.15) is 0 Å². The van der Waals surface area contributed by atoms with Gasteiger partial charge in [0.2, 0.25) is 0 Å². The highest BCUT2D eigenvalue weighted by Crippen LogP contribution is 2.23. The monoisotopic (exact) mass is 291 g/mol. The van der Waals surface area contributed by atoms with Gasteiger partial charge in [-0.05, 0) is 54.3 Å². The smallest absolute Gasteiger partial charge is 0.184 e. The Labute approximate surface area is 122 Å². The van der Waals surface area contributed by atoms with E-state index in [4.69, 9.17) is 10.5 Å². The van der Waals surface area contributed by atoms with E-state index >= 15 is 0 Å². The fourth-order valence-corrected chi connectivity index (χ4v) is 2.56. The second-order valence-electron chi connectivity index (χ2n) is 5.24. The summed E-state index contributed by atoms with van der Waals surface area (Å²) in [5, 5.41) is 11.5. The number of ether oxygens (including phenoxy) is 1. The van der Waals surface area contributed by atoms with Gasteiger partial charge < -0.3 is 10.5 Å². The maximum Gasteiger partial charge on any atom is 0.184 e. The van der Waals surface area contributed by atoms with E-state index in [0.717, 1.165) is 25.9 Å². The minimum absolute atomic E-state index is 0.243. The van der Waals surface area contributed by atoms with Crippen LogP contribution in [0.25, 0.3) is 11.4 Å². The van der Waals surface area contributed by atoms with E-state index in [1.165, 1.54) is 12.5 Å². The number of nitrogens with zero attached hydrogens (tertiary/aromatic N) is 4. The van der Waals surface area contributed by atoms with Crippen molar-refractivity contribution in [3.05, 3.63) is 24.0 Å². The van der Waals surface area contributed by atoms with Crippen LogP contribution in [0, 0.1) is 5.82 Å². The third-order valence-corrected chi connectivity index (χ3v) is 3.70. The molecule has 112 valence electrons. The molecule has 0 saturated carbocycles. The Balaban J connectivity index is 1.74. The number of nitrogen functional groups attached to an aromatic ring is 1. The maximum absolute atomic E-state index is 14.0. The first kappa shape index (κ1) is 13.9. The van der Waals surface area contributed by atoms with Gasteiger partial charge in [0, 0.05) is 18.8 Å². The molecule has 6 nitrogen and oxygen atoms in total. The highest BCUT2D eigenvalue weighted by molar-refractivity contribution is 5.59. The third-order valence-electron chi connectivity index (χ3n) is 3.70. The fraction of sp³-hybridized carbons (Fsp3) is 0.500. The van der Waals surface area contributed by atoms with Gasteiger partial charge in [0.05, 0.1) is 11.7 Å². The summed E-state index contributed by atoms with van der Waals surface area (Å²) in [6.07, 6.45) is 4.46. The van der Waals surface area contributed by atoms with Crippen molar-refractivity contribution in [1.82, 2.24) is 20.2 Å². The molecular formula is C14H18FN5O. The van der Waals surface area contributed by atoms with Crippen molar-refractivity contribution in [1.29, 1.82) is 0 Å². The number of hydrogen-bond acceptors (Lipinski definition) is 5. The molecule has 1 fully saturated rings. The van der Waals surface area contributed by atoms with Crippen LogP contribution < -0.4 is 5.73 Å². The number of nitrogens with two attached hydrogens (primary N) is 1. The summed E-state index contributed by atoms with van der Waals surface area (Å²) < 4.78 is 21.3. The lowest BCUT2D eigenvalue weighted by Gasteiger charge is -2.22. The van der Waals surface area contributed by atoms with E-state index in [1.54, 1.807) is 16.8 Å². The number of aryl methyl sites for hydroxylation is 1. The van der Waals surface area contributed by atoms with Gasteiger partial charge >= 0.3 is 0 Å². The Morgan fingerprint density at radius 1 is 1.38 bits per heavy atom. The lowest BCUT2D eigenvalue weighted by atomic mass is 10.1. The first-order valence-electron chi connectivity index (χ1n) is 7.17. The van der Waals surface area contributed by atoms with Crippen LogP contribution in [-0.2, 0) is 11.3 Å². The van der Waals surface area contributed by atoms with Crippen LogP contribution in [0.4, 0.5) is 10.1 Å². The molecule has 0 spiro atoms. The maximum atomic E-state index is 14.0. The van der Waals surface area contributed by atoms with Gasteiger partial charge in [0.1, 0.15) is 5.82 Å². The molecule has 0 amide bonds. The van der Waals surface area contributed by atoms with Crippen molar-refractivity contribution in [2.24, 2.45) is 0 Å². The molecule has 2 heterocycles. The average molecular weight is 291 g/mol. The van der Waals surface area contributed by atoms with Crippen LogP contribution in [-0.4, -0.2) is 32.9 Å². The van der Waals surface area contributed by atoms with Crippen molar-refractivity contribution in [3.8, 4) is 11.4 Å². The lowest BCUT2D eigenvalue weighted by Crippen LogP contribution is -2.21. The van der Waals surface area contributed by atoms with Crippen molar-refractivity contribution in [2.75, 3.05) is 12.3 Å². The van der Waals surface area contributed by atoms with Crippen molar-refractivity contribution >= 4 is 5.69 Å². The highest BCUT2D eigenvalue weighted by atomic mass is 19.1. The molecule has 1 atom stereocenters. The topological polar surface area (TPSA) is 78.9 Å². The predicted octanol–water partition coefficient (Wildman–Crippen LogP) is 2.02. The molecule has 2 aromatic rings. The number of aromatic nitrogens is 4. The highest BCUT2D eigenvalue weighted by Gasteiger charge is 2.17. The molecule has 21 heavy (non-hydrogen) atoms. The van der Waals surface area contributed by atoms with E-state index < -0.39 is 5.82 Å². The quantitative estimate of drug-likeness (QED) is 0.872. The molecule has 1 unspecified atom stereocenters. The number of benzene rings is 1. The fourth-order valence-electron chi connectivity index (χ4n) is 2.56. The van der Waals surface area contributed by atoms with E-state index in [9.17, 15) is 4.39 Å². The first-order valence-corrected chi connectivity index (χ1v) is 7.17. The summed E-state index contributed by atoms with van der Waals surface area (Å²) in [7, 11) is 0. The molecule has 0 bridgehead atoms. The summed E-state index contributed by atoms with van der Waals surface area (Å²) in [5.41, 5.74) is 6.30. The number of halogens is 1. The average Bonchev–Trinajstić information content (AvgIpc) is 2.94. The second kappa shape index (κ2) is 6.17. The zero-order valence-corrected chi connectivity index (χ0v) is 11.7. The molecule has 1 aromatic heterocycles. The largest absolute Gasteiger partial charge is 0.399 e. The molecule has 1 aliphatic heterocycles. The van der Waals surface area contributed by atoms with Crippen molar-refractivity contribution in [2.45, 2.75) is 38.3 Å². The molecule has 1 aromatic carbocycles. The van der Waals surface area contributed by atoms with Crippen molar-refractivity contribution in [3.63, 3.8) is 0 Å². The number of hydrogen-bond donors (Lipinski definition) is 1. The summed E-state index contributed by atoms with van der Waals surface area (Å²) >= 11 is 0. The first-order chi connectivity index (χ1) is 10.2. The van der Waals surface area contributed by atoms with Gasteiger partial charge in [-0.3, -0.25) is 0 Å². The molecule has 0 aliphatic carbocycles. The zero-order valence-electron chi connectivity index (χ0n) is 11.7. The molecule has 1 aliphatic rings. The van der Waals surface area contributed by atoms with E-state index in [2.05, 4.69) is 15.5 Å². The summed E-state index contributed by atoms with van der Waals surface area (Å²) in [5.74, 6) is 0.00303. The minimum Gasteiger partial charge on any atom is -0.399 e. The lowest BCUT2D eigenvalue weighted by molar-refractivity contribution is 0.00828. The summed E-state index contributed by atoms with van der Waals surface area (Å²) in [4.78, 5) is 0. The molecule has 3 rings (SSSR count). The zero-order chi connectivity index (χ0) is 14.7. The van der Waals surface area contributed by atoms with Crippen LogP contribution in [0.15, 0.2) is 18.2 Å². The van der Waals surface area contributed by atoms with Crippen LogP contribution >= 0.6 is 0 Å². The van der Waals surface area contributed by atoms with Crippen molar-refractivity contribution < 1.29 is 9.13 Å². The molecule has 2 N–H and O–H groups in total. The predicted molar refractivity (Wildman–Crippen MR) is 75.8 cm³/mol. The second-order valence-corrected chi connectivity index (χ2v) is 5.24.